The summed E-state index contributed by atoms with van der Waals surface area (Å²) in [6.07, 6.45) is -1.65. The molecule has 6 nitrogen and oxygen atoms in total. The molecule has 0 saturated carbocycles. The van der Waals surface area contributed by atoms with Gasteiger partial charge in [-0.15, -0.1) is 13.2 Å². The quantitative estimate of drug-likeness (QED) is 0.391. The van der Waals surface area contributed by atoms with Crippen molar-refractivity contribution in [2.45, 2.75) is 12.9 Å². The minimum absolute atomic E-state index is 0.156. The van der Waals surface area contributed by atoms with Gasteiger partial charge >= 0.3 is 6.36 Å². The largest absolute Gasteiger partial charge is 0.573 e. The Labute approximate surface area is 117 Å². The van der Waals surface area contributed by atoms with E-state index in [-0.39, 0.29) is 17.4 Å². The van der Waals surface area contributed by atoms with E-state index >= 15 is 0 Å². The van der Waals surface area contributed by atoms with Crippen molar-refractivity contribution >= 4 is 5.84 Å². The Bertz CT molecular complexity index is 635. The average Bonchev–Trinajstić information content (AvgIpc) is 2.86. The Kier molecular flexibility index (Phi) is 4.01. The number of halogens is 3. The van der Waals surface area contributed by atoms with E-state index in [1.165, 1.54) is 30.5 Å². The van der Waals surface area contributed by atoms with Crippen LogP contribution in [0.5, 0.6) is 5.75 Å². The van der Waals surface area contributed by atoms with Crippen molar-refractivity contribution in [3.05, 3.63) is 48.0 Å². The number of oxime groups is 1. The molecule has 0 amide bonds. The maximum absolute atomic E-state index is 12.0. The first-order chi connectivity index (χ1) is 9.89. The zero-order chi connectivity index (χ0) is 15.5. The highest BCUT2D eigenvalue weighted by Gasteiger charge is 2.30. The van der Waals surface area contributed by atoms with Gasteiger partial charge in [0.15, 0.2) is 5.82 Å². The minimum atomic E-state index is -4.72. The molecule has 1 aromatic heterocycles. The van der Waals surface area contributed by atoms with Crippen molar-refractivity contribution in [1.29, 1.82) is 0 Å². The molecule has 0 unspecified atom stereocenters. The third-order valence-corrected chi connectivity index (χ3v) is 2.56. The van der Waals surface area contributed by atoms with Crippen molar-refractivity contribution in [2.75, 3.05) is 0 Å². The second-order valence-corrected chi connectivity index (χ2v) is 4.06. The highest BCUT2D eigenvalue weighted by atomic mass is 19.4. The standard InChI is InChI=1S/C12H11F3N4O2/c13-12(14,15)21-9-3-1-8(2-4-9)7-19-6-5-17-11(19)10(16)18-20/h1-6,20H,7H2,(H2,16,18). The first-order valence-corrected chi connectivity index (χ1v) is 5.73. The van der Waals surface area contributed by atoms with Gasteiger partial charge in [0, 0.05) is 18.9 Å². The van der Waals surface area contributed by atoms with Gasteiger partial charge < -0.3 is 20.2 Å². The van der Waals surface area contributed by atoms with Gasteiger partial charge in [0.05, 0.1) is 0 Å². The summed E-state index contributed by atoms with van der Waals surface area (Å²) in [5.41, 5.74) is 6.16. The molecule has 0 fully saturated rings. The van der Waals surface area contributed by atoms with Crippen LogP contribution in [0.2, 0.25) is 0 Å². The predicted octanol–water partition coefficient (Wildman–Crippen LogP) is 1.92. The van der Waals surface area contributed by atoms with Gasteiger partial charge in [0.2, 0.25) is 5.84 Å². The van der Waals surface area contributed by atoms with Crippen molar-refractivity contribution in [3.63, 3.8) is 0 Å². The molecule has 2 rings (SSSR count). The summed E-state index contributed by atoms with van der Waals surface area (Å²) in [4.78, 5) is 3.92. The summed E-state index contributed by atoms with van der Waals surface area (Å²) in [6, 6.07) is 5.39. The number of nitrogens with two attached hydrogens (primary N) is 1. The highest BCUT2D eigenvalue weighted by Crippen LogP contribution is 2.23. The van der Waals surface area contributed by atoms with E-state index in [9.17, 15) is 13.2 Å². The molecule has 112 valence electrons. The normalized spacial score (nSPS) is 12.4. The summed E-state index contributed by atoms with van der Waals surface area (Å²) in [5, 5.41) is 11.5. The maximum Gasteiger partial charge on any atom is 0.573 e. The lowest BCUT2D eigenvalue weighted by Crippen LogP contribution is -2.20. The number of alkyl halides is 3. The van der Waals surface area contributed by atoms with E-state index in [1.54, 1.807) is 10.8 Å². The van der Waals surface area contributed by atoms with Crippen LogP contribution in [0.3, 0.4) is 0 Å². The Balaban J connectivity index is 2.13. The summed E-state index contributed by atoms with van der Waals surface area (Å²) in [6.45, 7) is 0.303. The van der Waals surface area contributed by atoms with E-state index in [0.29, 0.717) is 12.1 Å². The van der Waals surface area contributed by atoms with Gasteiger partial charge in [-0.3, -0.25) is 0 Å². The van der Waals surface area contributed by atoms with Crippen LogP contribution in [0.15, 0.2) is 41.8 Å². The molecular formula is C12H11F3N4O2. The van der Waals surface area contributed by atoms with Crippen molar-refractivity contribution in [2.24, 2.45) is 10.9 Å². The minimum Gasteiger partial charge on any atom is -0.409 e. The van der Waals surface area contributed by atoms with E-state index in [4.69, 9.17) is 10.9 Å². The molecular weight excluding hydrogens is 289 g/mol. The molecule has 0 aliphatic carbocycles. The van der Waals surface area contributed by atoms with Crippen molar-refractivity contribution < 1.29 is 23.1 Å². The van der Waals surface area contributed by atoms with E-state index < -0.39 is 6.36 Å². The molecule has 1 aromatic carbocycles. The molecule has 3 N–H and O–H groups in total. The van der Waals surface area contributed by atoms with Crippen LogP contribution in [-0.4, -0.2) is 27.0 Å². The van der Waals surface area contributed by atoms with Gasteiger partial charge in [-0.05, 0) is 17.7 Å². The zero-order valence-corrected chi connectivity index (χ0v) is 10.6. The first-order valence-electron chi connectivity index (χ1n) is 5.73. The molecule has 0 spiro atoms. The Morgan fingerprint density at radius 2 is 2.00 bits per heavy atom. The Hall–Kier alpha value is -2.71. The van der Waals surface area contributed by atoms with Gasteiger partial charge in [-0.25, -0.2) is 4.98 Å². The number of aromatic nitrogens is 2. The lowest BCUT2D eigenvalue weighted by atomic mass is 10.2. The molecule has 21 heavy (non-hydrogen) atoms. The Morgan fingerprint density at radius 3 is 2.57 bits per heavy atom. The maximum atomic E-state index is 12.0. The van der Waals surface area contributed by atoms with Gasteiger partial charge in [0.25, 0.3) is 0 Å². The average molecular weight is 300 g/mol. The number of nitrogens with zero attached hydrogens (tertiary/aromatic N) is 3. The Morgan fingerprint density at radius 1 is 1.33 bits per heavy atom. The van der Waals surface area contributed by atoms with Crippen molar-refractivity contribution in [3.8, 4) is 5.75 Å². The SMILES string of the molecule is N/C(=N/O)c1nccn1Cc1ccc(OC(F)(F)F)cc1. The molecule has 0 atom stereocenters. The summed E-state index contributed by atoms with van der Waals surface area (Å²) >= 11 is 0. The lowest BCUT2D eigenvalue weighted by molar-refractivity contribution is -0.274. The van der Waals surface area contributed by atoms with Crippen LogP contribution in [-0.2, 0) is 6.54 Å². The fraction of sp³-hybridized carbons (Fsp3) is 0.167. The van der Waals surface area contributed by atoms with Crippen LogP contribution in [0, 0.1) is 0 Å². The fourth-order valence-electron chi connectivity index (χ4n) is 1.71. The van der Waals surface area contributed by atoms with Crippen molar-refractivity contribution in [1.82, 2.24) is 9.55 Å². The monoisotopic (exact) mass is 300 g/mol. The number of imidazole rings is 1. The van der Waals surface area contributed by atoms with Crippen LogP contribution >= 0.6 is 0 Å². The molecule has 0 radical (unpaired) electrons. The van der Waals surface area contributed by atoms with Gasteiger partial charge in [0.1, 0.15) is 5.75 Å². The van der Waals surface area contributed by atoms with Crippen LogP contribution in [0.4, 0.5) is 13.2 Å². The first kappa shape index (κ1) is 14.7. The number of hydrogen-bond donors (Lipinski definition) is 2. The van der Waals surface area contributed by atoms with E-state index in [0.717, 1.165) is 0 Å². The number of benzene rings is 1. The number of hydrogen-bond acceptors (Lipinski definition) is 4. The third kappa shape index (κ3) is 3.88. The topological polar surface area (TPSA) is 85.7 Å². The van der Waals surface area contributed by atoms with Crippen LogP contribution in [0.25, 0.3) is 0 Å². The smallest absolute Gasteiger partial charge is 0.409 e. The second-order valence-electron chi connectivity index (χ2n) is 4.06. The van der Waals surface area contributed by atoms with E-state index in [2.05, 4.69) is 14.9 Å². The number of ether oxygens (including phenoxy) is 1. The second kappa shape index (κ2) is 5.73. The van der Waals surface area contributed by atoms with Gasteiger partial charge in [-0.1, -0.05) is 17.3 Å². The lowest BCUT2D eigenvalue weighted by Gasteiger charge is -2.10. The molecule has 2 aromatic rings. The molecule has 0 saturated heterocycles. The van der Waals surface area contributed by atoms with Crippen LogP contribution in [0.1, 0.15) is 11.4 Å². The zero-order valence-electron chi connectivity index (χ0n) is 10.6. The number of amidine groups is 1. The van der Waals surface area contributed by atoms with Gasteiger partial charge in [-0.2, -0.15) is 0 Å². The predicted molar refractivity (Wildman–Crippen MR) is 67.0 cm³/mol. The highest BCUT2D eigenvalue weighted by molar-refractivity contribution is 5.93. The van der Waals surface area contributed by atoms with E-state index in [1.807, 2.05) is 0 Å². The molecule has 0 bridgehead atoms. The molecule has 1 heterocycles. The third-order valence-electron chi connectivity index (χ3n) is 2.56. The molecule has 9 heteroatoms. The fourth-order valence-corrected chi connectivity index (χ4v) is 1.71. The summed E-state index contributed by atoms with van der Waals surface area (Å²) in [7, 11) is 0. The molecule has 0 aliphatic rings. The summed E-state index contributed by atoms with van der Waals surface area (Å²) < 4.78 is 41.5. The molecule has 0 aliphatic heterocycles. The summed E-state index contributed by atoms with van der Waals surface area (Å²) in [5.74, 6) is -0.196. The number of rotatable bonds is 4. The van der Waals surface area contributed by atoms with Crippen LogP contribution < -0.4 is 10.5 Å².